The summed E-state index contributed by atoms with van der Waals surface area (Å²) in [5.74, 6) is 0.462. The molecule has 5 nitrogen and oxygen atoms in total. The number of benzene rings is 3. The molecule has 5 heteroatoms. The number of rotatable bonds is 4. The number of carbonyl (C=O) groups is 2. The average Bonchev–Trinajstić information content (AvgIpc) is 2.86. The number of pyridine rings is 1. The monoisotopic (exact) mass is 437 g/mol. The zero-order valence-electron chi connectivity index (χ0n) is 18.8. The minimum atomic E-state index is -0.00210. The maximum Gasteiger partial charge on any atom is 0.254 e. The number of amides is 2. The number of nitrogens with zero attached hydrogens (tertiary/aromatic N) is 2. The maximum atomic E-state index is 13.7. The van der Waals surface area contributed by atoms with Gasteiger partial charge >= 0.3 is 0 Å². The van der Waals surface area contributed by atoms with Crippen molar-refractivity contribution in [2.24, 2.45) is 5.92 Å². The molecule has 1 fully saturated rings. The minimum Gasteiger partial charge on any atom is -0.356 e. The summed E-state index contributed by atoms with van der Waals surface area (Å²) in [6.45, 7) is 3.62. The molecule has 0 bridgehead atoms. The fourth-order valence-electron chi connectivity index (χ4n) is 4.74. The Labute approximate surface area is 193 Å². The Hall–Kier alpha value is -3.73. The van der Waals surface area contributed by atoms with Crippen LogP contribution in [0.2, 0.25) is 0 Å². The van der Waals surface area contributed by atoms with Crippen LogP contribution in [0, 0.1) is 5.92 Å². The first kappa shape index (κ1) is 21.1. The lowest BCUT2D eigenvalue weighted by atomic mass is 9.95. The predicted octanol–water partition coefficient (Wildman–Crippen LogP) is 5.04. The van der Waals surface area contributed by atoms with E-state index < -0.39 is 0 Å². The Morgan fingerprint density at radius 1 is 0.939 bits per heavy atom. The van der Waals surface area contributed by atoms with Crippen molar-refractivity contribution in [1.82, 2.24) is 15.2 Å². The molecular weight excluding hydrogens is 410 g/mol. The van der Waals surface area contributed by atoms with Gasteiger partial charge < -0.3 is 10.2 Å². The second-order valence-electron chi connectivity index (χ2n) is 8.77. The second kappa shape index (κ2) is 9.02. The molecule has 0 unspecified atom stereocenters. The standard InChI is InChI=1S/C28H27N3O2/c1-19(32)29-18-20-13-15-31(16-14-20)28(33)25-17-27(30-26-12-5-4-10-24(25)26)23-11-6-8-21-7-2-3-9-22(21)23/h2-12,17,20H,13-16,18H2,1H3,(H,29,32). The molecule has 0 atom stereocenters. The van der Waals surface area contributed by atoms with Gasteiger partial charge in [0.2, 0.25) is 5.91 Å². The van der Waals surface area contributed by atoms with E-state index in [1.165, 1.54) is 0 Å². The van der Waals surface area contributed by atoms with Crippen LogP contribution >= 0.6 is 0 Å². The summed E-state index contributed by atoms with van der Waals surface area (Å²) >= 11 is 0. The molecule has 4 aromatic rings. The van der Waals surface area contributed by atoms with Crippen molar-refractivity contribution >= 4 is 33.5 Å². The van der Waals surface area contributed by atoms with Crippen LogP contribution in [0.25, 0.3) is 32.9 Å². The highest BCUT2D eigenvalue weighted by Gasteiger charge is 2.25. The van der Waals surface area contributed by atoms with Crippen LogP contribution in [-0.2, 0) is 4.79 Å². The molecule has 166 valence electrons. The number of carbonyl (C=O) groups excluding carboxylic acids is 2. The zero-order valence-corrected chi connectivity index (χ0v) is 18.8. The molecule has 0 spiro atoms. The van der Waals surface area contributed by atoms with Crippen molar-refractivity contribution in [3.05, 3.63) is 78.4 Å². The largest absolute Gasteiger partial charge is 0.356 e. The summed E-state index contributed by atoms with van der Waals surface area (Å²) in [4.78, 5) is 31.7. The molecule has 2 heterocycles. The first-order chi connectivity index (χ1) is 16.1. The molecule has 33 heavy (non-hydrogen) atoms. The van der Waals surface area contributed by atoms with Crippen LogP contribution in [-0.4, -0.2) is 41.3 Å². The molecule has 1 N–H and O–H groups in total. The highest BCUT2D eigenvalue weighted by atomic mass is 16.2. The summed E-state index contributed by atoms with van der Waals surface area (Å²) in [7, 11) is 0. The van der Waals surface area contributed by atoms with Gasteiger partial charge in [-0.3, -0.25) is 9.59 Å². The Balaban J connectivity index is 1.50. The fraction of sp³-hybridized carbons (Fsp3) is 0.250. The third-order valence-corrected chi connectivity index (χ3v) is 6.55. The topological polar surface area (TPSA) is 62.3 Å². The lowest BCUT2D eigenvalue weighted by Gasteiger charge is -2.32. The van der Waals surface area contributed by atoms with Crippen LogP contribution in [0.5, 0.6) is 0 Å². The quantitative estimate of drug-likeness (QED) is 0.486. The number of aromatic nitrogens is 1. The Morgan fingerprint density at radius 2 is 1.64 bits per heavy atom. The summed E-state index contributed by atoms with van der Waals surface area (Å²) < 4.78 is 0. The molecule has 3 aromatic carbocycles. The molecule has 0 aliphatic carbocycles. The molecule has 5 rings (SSSR count). The van der Waals surface area contributed by atoms with Gasteiger partial charge in [0.1, 0.15) is 0 Å². The molecule has 1 saturated heterocycles. The number of hydrogen-bond donors (Lipinski definition) is 1. The van der Waals surface area contributed by atoms with Crippen molar-refractivity contribution in [2.75, 3.05) is 19.6 Å². The third kappa shape index (κ3) is 4.31. The molecule has 1 aliphatic rings. The molecule has 2 amide bonds. The number of nitrogens with one attached hydrogen (secondary N) is 1. The van der Waals surface area contributed by atoms with E-state index in [-0.39, 0.29) is 11.8 Å². The predicted molar refractivity (Wildman–Crippen MR) is 132 cm³/mol. The van der Waals surface area contributed by atoms with Gasteiger partial charge in [0.15, 0.2) is 0 Å². The summed E-state index contributed by atoms with van der Waals surface area (Å²) in [5.41, 5.74) is 3.37. The van der Waals surface area contributed by atoms with E-state index in [0.717, 1.165) is 45.8 Å². The van der Waals surface area contributed by atoms with Gasteiger partial charge in [0.25, 0.3) is 5.91 Å². The molecule has 1 aromatic heterocycles. The van der Waals surface area contributed by atoms with Crippen LogP contribution in [0.4, 0.5) is 0 Å². The molecule has 1 aliphatic heterocycles. The van der Waals surface area contributed by atoms with E-state index >= 15 is 0 Å². The van der Waals surface area contributed by atoms with Gasteiger partial charge in [-0.25, -0.2) is 4.98 Å². The summed E-state index contributed by atoms with van der Waals surface area (Å²) in [6, 6.07) is 24.3. The van der Waals surface area contributed by atoms with Crippen molar-refractivity contribution in [1.29, 1.82) is 0 Å². The Bertz CT molecular complexity index is 1330. The third-order valence-electron chi connectivity index (χ3n) is 6.55. The highest BCUT2D eigenvalue weighted by molar-refractivity contribution is 6.08. The lowest BCUT2D eigenvalue weighted by molar-refractivity contribution is -0.119. The number of hydrogen-bond acceptors (Lipinski definition) is 3. The Morgan fingerprint density at radius 3 is 2.42 bits per heavy atom. The van der Waals surface area contributed by atoms with Crippen molar-refractivity contribution < 1.29 is 9.59 Å². The fourth-order valence-corrected chi connectivity index (χ4v) is 4.74. The van der Waals surface area contributed by atoms with Crippen LogP contribution in [0.1, 0.15) is 30.1 Å². The Kier molecular flexibility index (Phi) is 5.78. The minimum absolute atomic E-state index is 0.00210. The number of para-hydroxylation sites is 1. The van der Waals surface area contributed by atoms with E-state index in [2.05, 4.69) is 29.6 Å². The van der Waals surface area contributed by atoms with Crippen molar-refractivity contribution in [2.45, 2.75) is 19.8 Å². The van der Waals surface area contributed by atoms with Crippen LogP contribution in [0.3, 0.4) is 0 Å². The molecule has 0 saturated carbocycles. The van der Waals surface area contributed by atoms with E-state index in [9.17, 15) is 9.59 Å². The zero-order chi connectivity index (χ0) is 22.8. The maximum absolute atomic E-state index is 13.7. The van der Waals surface area contributed by atoms with Gasteiger partial charge in [-0.15, -0.1) is 0 Å². The molecule has 0 radical (unpaired) electrons. The van der Waals surface area contributed by atoms with E-state index in [1.807, 2.05) is 53.4 Å². The summed E-state index contributed by atoms with van der Waals surface area (Å²) in [5, 5.41) is 6.06. The van der Waals surface area contributed by atoms with Gasteiger partial charge in [0, 0.05) is 37.5 Å². The van der Waals surface area contributed by atoms with Gasteiger partial charge in [0.05, 0.1) is 16.8 Å². The smallest absolute Gasteiger partial charge is 0.254 e. The summed E-state index contributed by atoms with van der Waals surface area (Å²) in [6.07, 6.45) is 1.79. The number of piperidine rings is 1. The van der Waals surface area contributed by atoms with Crippen molar-refractivity contribution in [3.63, 3.8) is 0 Å². The van der Waals surface area contributed by atoms with Gasteiger partial charge in [-0.1, -0.05) is 60.7 Å². The number of likely N-dealkylation sites (tertiary alicyclic amines) is 1. The lowest BCUT2D eigenvalue weighted by Crippen LogP contribution is -2.41. The van der Waals surface area contributed by atoms with Gasteiger partial charge in [-0.2, -0.15) is 0 Å². The first-order valence-corrected chi connectivity index (χ1v) is 11.5. The van der Waals surface area contributed by atoms with Crippen LogP contribution in [0.15, 0.2) is 72.8 Å². The molecular formula is C28H27N3O2. The SMILES string of the molecule is CC(=O)NCC1CCN(C(=O)c2cc(-c3cccc4ccccc34)nc3ccccc23)CC1. The van der Waals surface area contributed by atoms with E-state index in [4.69, 9.17) is 4.98 Å². The number of fused-ring (bicyclic) bond motifs is 2. The van der Waals surface area contributed by atoms with E-state index in [0.29, 0.717) is 31.1 Å². The normalized spacial score (nSPS) is 14.5. The van der Waals surface area contributed by atoms with Crippen LogP contribution < -0.4 is 5.32 Å². The average molecular weight is 438 g/mol. The first-order valence-electron chi connectivity index (χ1n) is 11.5. The van der Waals surface area contributed by atoms with Crippen molar-refractivity contribution in [3.8, 4) is 11.3 Å². The van der Waals surface area contributed by atoms with Gasteiger partial charge in [-0.05, 0) is 41.7 Å². The van der Waals surface area contributed by atoms with E-state index in [1.54, 1.807) is 6.92 Å². The highest BCUT2D eigenvalue weighted by Crippen LogP contribution is 2.31. The second-order valence-corrected chi connectivity index (χ2v) is 8.77.